The van der Waals surface area contributed by atoms with E-state index in [2.05, 4.69) is 33.4 Å². The second kappa shape index (κ2) is 11.5. The molecule has 0 unspecified atom stereocenters. The van der Waals surface area contributed by atoms with Crippen LogP contribution < -0.4 is 5.32 Å². The zero-order chi connectivity index (χ0) is 24.6. The fourth-order valence-electron chi connectivity index (χ4n) is 3.61. The van der Waals surface area contributed by atoms with Crippen LogP contribution in [0.15, 0.2) is 72.8 Å². The van der Waals surface area contributed by atoms with Crippen molar-refractivity contribution in [2.45, 2.75) is 33.0 Å². The minimum atomic E-state index is -0.304. The summed E-state index contributed by atoms with van der Waals surface area (Å²) in [4.78, 5) is 14.8. The summed E-state index contributed by atoms with van der Waals surface area (Å²) in [5, 5.41) is 21.2. The summed E-state index contributed by atoms with van der Waals surface area (Å²) in [5.41, 5.74) is 4.34. The third kappa shape index (κ3) is 6.79. The molecule has 8 heteroatoms. The quantitative estimate of drug-likeness (QED) is 0.335. The average Bonchev–Trinajstić information content (AvgIpc) is 3.33. The first-order valence-electron chi connectivity index (χ1n) is 11.2. The van der Waals surface area contributed by atoms with E-state index in [1.165, 1.54) is 29.0 Å². The molecule has 4 rings (SSSR count). The fraction of sp³-hybridized carbons (Fsp3) is 0.185. The van der Waals surface area contributed by atoms with E-state index in [0.29, 0.717) is 35.9 Å². The highest BCUT2D eigenvalue weighted by Crippen LogP contribution is 2.19. The SMILES string of the molecule is CCc1ccc(NC(=O)c2nnc(CN(Cc3ccc(C#N)cc3)Cc3cccc(F)c3)s2)cc1. The van der Waals surface area contributed by atoms with Gasteiger partial charge < -0.3 is 5.32 Å². The van der Waals surface area contributed by atoms with Gasteiger partial charge in [-0.1, -0.05) is 54.7 Å². The van der Waals surface area contributed by atoms with E-state index in [-0.39, 0.29) is 16.7 Å². The third-order valence-electron chi connectivity index (χ3n) is 5.42. The smallest absolute Gasteiger partial charge is 0.286 e. The zero-order valence-corrected chi connectivity index (χ0v) is 20.1. The number of hydrogen-bond acceptors (Lipinski definition) is 6. The van der Waals surface area contributed by atoms with Crippen molar-refractivity contribution >= 4 is 22.9 Å². The second-order valence-corrected chi connectivity index (χ2v) is 9.15. The van der Waals surface area contributed by atoms with Crippen molar-refractivity contribution in [1.82, 2.24) is 15.1 Å². The van der Waals surface area contributed by atoms with E-state index >= 15 is 0 Å². The maximum atomic E-state index is 13.8. The van der Waals surface area contributed by atoms with Gasteiger partial charge in [-0.05, 0) is 59.5 Å². The largest absolute Gasteiger partial charge is 0.320 e. The van der Waals surface area contributed by atoms with Crippen LogP contribution in [-0.4, -0.2) is 21.0 Å². The molecule has 0 aliphatic heterocycles. The molecule has 0 aliphatic carbocycles. The van der Waals surface area contributed by atoms with Crippen molar-refractivity contribution < 1.29 is 9.18 Å². The van der Waals surface area contributed by atoms with Gasteiger partial charge in [-0.3, -0.25) is 9.69 Å². The first-order chi connectivity index (χ1) is 17.0. The van der Waals surface area contributed by atoms with Gasteiger partial charge in [0.1, 0.15) is 10.8 Å². The Bertz CT molecular complexity index is 1330. The minimum absolute atomic E-state index is 0.281. The van der Waals surface area contributed by atoms with Gasteiger partial charge in [0.25, 0.3) is 5.91 Å². The molecule has 0 atom stereocenters. The molecule has 3 aromatic carbocycles. The van der Waals surface area contributed by atoms with Crippen LogP contribution in [0.25, 0.3) is 0 Å². The Hall–Kier alpha value is -3.93. The molecule has 4 aromatic rings. The number of nitrogens with zero attached hydrogens (tertiary/aromatic N) is 4. The molecule has 0 bridgehead atoms. The van der Waals surface area contributed by atoms with Gasteiger partial charge in [-0.15, -0.1) is 10.2 Å². The van der Waals surface area contributed by atoms with E-state index in [0.717, 1.165) is 17.5 Å². The molecule has 0 spiro atoms. The van der Waals surface area contributed by atoms with Crippen molar-refractivity contribution in [1.29, 1.82) is 5.26 Å². The number of amides is 1. The number of nitriles is 1. The van der Waals surface area contributed by atoms with Crippen molar-refractivity contribution in [2.24, 2.45) is 0 Å². The Morgan fingerprint density at radius 1 is 0.971 bits per heavy atom. The van der Waals surface area contributed by atoms with Gasteiger partial charge in [-0.25, -0.2) is 4.39 Å². The maximum absolute atomic E-state index is 13.8. The maximum Gasteiger partial charge on any atom is 0.286 e. The van der Waals surface area contributed by atoms with Crippen LogP contribution in [0.5, 0.6) is 0 Å². The Kier molecular flexibility index (Phi) is 7.93. The Morgan fingerprint density at radius 3 is 2.37 bits per heavy atom. The van der Waals surface area contributed by atoms with Crippen LogP contribution in [-0.2, 0) is 26.1 Å². The number of rotatable bonds is 9. The molecular weight excluding hydrogens is 461 g/mol. The predicted octanol–water partition coefficient (Wildman–Crippen LogP) is 5.57. The third-order valence-corrected chi connectivity index (χ3v) is 6.33. The molecule has 176 valence electrons. The number of carbonyl (C=O) groups excluding carboxylic acids is 1. The Morgan fingerprint density at radius 2 is 1.69 bits per heavy atom. The van der Waals surface area contributed by atoms with Crippen LogP contribution in [0.3, 0.4) is 0 Å². The number of benzene rings is 3. The zero-order valence-electron chi connectivity index (χ0n) is 19.2. The van der Waals surface area contributed by atoms with E-state index in [9.17, 15) is 9.18 Å². The van der Waals surface area contributed by atoms with E-state index in [1.54, 1.807) is 18.2 Å². The summed E-state index contributed by atoms with van der Waals surface area (Å²) >= 11 is 1.23. The van der Waals surface area contributed by atoms with Crippen LogP contribution in [0, 0.1) is 17.1 Å². The van der Waals surface area contributed by atoms with Crippen LogP contribution in [0.2, 0.25) is 0 Å². The van der Waals surface area contributed by atoms with Crippen molar-refractivity contribution in [3.05, 3.63) is 111 Å². The lowest BCUT2D eigenvalue weighted by Gasteiger charge is -2.21. The van der Waals surface area contributed by atoms with Crippen LogP contribution in [0.1, 0.15) is 44.0 Å². The standard InChI is InChI=1S/C27H24FN5OS/c1-2-19-10-12-24(13-11-19)30-26(34)27-32-31-25(35-27)18-33(17-22-4-3-5-23(28)14-22)16-21-8-6-20(15-29)7-9-21/h3-14H,2,16-18H2,1H3,(H,30,34). The molecule has 1 N–H and O–H groups in total. The van der Waals surface area contributed by atoms with E-state index in [1.807, 2.05) is 42.5 Å². The van der Waals surface area contributed by atoms with Crippen molar-refractivity contribution in [3.8, 4) is 6.07 Å². The van der Waals surface area contributed by atoms with Gasteiger partial charge in [0.2, 0.25) is 5.01 Å². The highest BCUT2D eigenvalue weighted by Gasteiger charge is 2.16. The van der Waals surface area contributed by atoms with Crippen LogP contribution >= 0.6 is 11.3 Å². The molecule has 0 saturated carbocycles. The summed E-state index contributed by atoms with van der Waals surface area (Å²) in [6.07, 6.45) is 0.933. The van der Waals surface area contributed by atoms with Gasteiger partial charge in [0, 0.05) is 18.8 Å². The first-order valence-corrected chi connectivity index (χ1v) is 12.0. The highest BCUT2D eigenvalue weighted by atomic mass is 32.1. The monoisotopic (exact) mass is 485 g/mol. The van der Waals surface area contributed by atoms with Gasteiger partial charge in [-0.2, -0.15) is 5.26 Å². The lowest BCUT2D eigenvalue weighted by Crippen LogP contribution is -2.22. The topological polar surface area (TPSA) is 81.9 Å². The van der Waals surface area contributed by atoms with Gasteiger partial charge in [0.15, 0.2) is 0 Å². The molecule has 0 aliphatic rings. The van der Waals surface area contributed by atoms with E-state index < -0.39 is 0 Å². The molecule has 35 heavy (non-hydrogen) atoms. The molecular formula is C27H24FN5OS. The van der Waals surface area contributed by atoms with Gasteiger partial charge >= 0.3 is 0 Å². The lowest BCUT2D eigenvalue weighted by atomic mass is 10.1. The molecule has 0 saturated heterocycles. The van der Waals surface area contributed by atoms with Crippen molar-refractivity contribution in [2.75, 3.05) is 5.32 Å². The number of halogens is 1. The molecule has 6 nitrogen and oxygen atoms in total. The summed E-state index contributed by atoms with van der Waals surface area (Å²) in [6.45, 7) is 3.57. The number of aryl methyl sites for hydroxylation is 1. The number of nitrogens with one attached hydrogen (secondary N) is 1. The summed E-state index contributed by atoms with van der Waals surface area (Å²) < 4.78 is 13.8. The van der Waals surface area contributed by atoms with Crippen molar-refractivity contribution in [3.63, 3.8) is 0 Å². The molecule has 1 heterocycles. The van der Waals surface area contributed by atoms with Gasteiger partial charge in [0.05, 0.1) is 18.2 Å². The number of anilines is 1. The lowest BCUT2D eigenvalue weighted by molar-refractivity contribution is 0.102. The Labute approximate surface area is 207 Å². The Balaban J connectivity index is 1.47. The average molecular weight is 486 g/mol. The number of aromatic nitrogens is 2. The number of carbonyl (C=O) groups is 1. The predicted molar refractivity (Wildman–Crippen MR) is 134 cm³/mol. The minimum Gasteiger partial charge on any atom is -0.320 e. The first kappa shape index (κ1) is 24.2. The molecule has 1 amide bonds. The summed E-state index contributed by atoms with van der Waals surface area (Å²) in [5.74, 6) is -0.593. The molecule has 0 fully saturated rings. The molecule has 0 radical (unpaired) electrons. The summed E-state index contributed by atoms with van der Waals surface area (Å²) in [6, 6.07) is 23.7. The molecule has 1 aromatic heterocycles. The normalized spacial score (nSPS) is 10.8. The second-order valence-electron chi connectivity index (χ2n) is 8.09. The van der Waals surface area contributed by atoms with Crippen LogP contribution in [0.4, 0.5) is 10.1 Å². The highest BCUT2D eigenvalue weighted by molar-refractivity contribution is 7.13. The summed E-state index contributed by atoms with van der Waals surface area (Å²) in [7, 11) is 0. The van der Waals surface area contributed by atoms with E-state index in [4.69, 9.17) is 5.26 Å². The number of hydrogen-bond donors (Lipinski definition) is 1. The fourth-order valence-corrected chi connectivity index (χ4v) is 4.39.